The van der Waals surface area contributed by atoms with Gasteiger partial charge in [-0.25, -0.2) is 4.79 Å². The number of hydrogen-bond acceptors (Lipinski definition) is 3. The van der Waals surface area contributed by atoms with Crippen LogP contribution >= 0.6 is 0 Å². The van der Waals surface area contributed by atoms with Crippen LogP contribution in [0.2, 0.25) is 0 Å². The van der Waals surface area contributed by atoms with Crippen LogP contribution in [0.4, 0.5) is 10.5 Å². The number of carbonyl (C=O) groups excluding carboxylic acids is 1. The smallest absolute Gasteiger partial charge is 0.325 e. The van der Waals surface area contributed by atoms with Crippen LogP contribution in [0, 0.1) is 11.3 Å². The lowest BCUT2D eigenvalue weighted by atomic mass is 9.62. The molecule has 33 heavy (non-hydrogen) atoms. The number of hydrogen-bond donors (Lipinski definition) is 1. The van der Waals surface area contributed by atoms with Crippen LogP contribution in [0.1, 0.15) is 69.4 Å². The second-order valence-corrected chi connectivity index (χ2v) is 10.4. The van der Waals surface area contributed by atoms with Crippen molar-refractivity contribution in [1.29, 1.82) is 5.26 Å². The van der Waals surface area contributed by atoms with Crippen molar-refractivity contribution in [2.45, 2.75) is 74.8 Å². The molecule has 2 aromatic rings. The summed E-state index contributed by atoms with van der Waals surface area (Å²) in [4.78, 5) is 17.6. The molecule has 2 aromatic carbocycles. The monoisotopic (exact) mass is 443 g/mol. The van der Waals surface area contributed by atoms with E-state index >= 15 is 0 Å². The first-order chi connectivity index (χ1) is 15.9. The molecule has 2 aliphatic carbocycles. The van der Waals surface area contributed by atoms with Gasteiger partial charge in [-0.2, -0.15) is 5.26 Å². The molecule has 1 spiro atoms. The number of urea groups is 1. The average Bonchev–Trinajstić information content (AvgIpc) is 3.10. The summed E-state index contributed by atoms with van der Waals surface area (Å²) in [7, 11) is 0. The number of para-hydroxylation sites is 1. The van der Waals surface area contributed by atoms with E-state index in [9.17, 15) is 15.2 Å². The number of β-amino-alcohol motifs (C(OH)–C–C–N with tert-alkyl or cyclic N) is 1. The van der Waals surface area contributed by atoms with E-state index in [2.05, 4.69) is 43.3 Å². The highest BCUT2D eigenvalue weighted by molar-refractivity contribution is 5.96. The summed E-state index contributed by atoms with van der Waals surface area (Å²) in [5.74, 6) is 0. The molecular formula is C28H33N3O2. The molecular weight excluding hydrogens is 410 g/mol. The second kappa shape index (κ2) is 8.18. The second-order valence-electron chi connectivity index (χ2n) is 10.4. The highest BCUT2D eigenvalue weighted by Crippen LogP contribution is 2.51. The standard InChI is InChI=1S/C28H33N3O2/c1-2-26(23-10-4-3-5-11-23)15-17-27(18-16-26)20-30(24-12-7-6-9-22(24)19-29)25(32)31(27)21-28(33)13-8-14-28/h3-7,9-12,33H,2,8,13-18,20-21H2,1H3/t26-,27-. The number of carbonyl (C=O) groups is 1. The van der Waals surface area contributed by atoms with E-state index in [0.717, 1.165) is 51.4 Å². The largest absolute Gasteiger partial charge is 0.388 e. The molecule has 2 saturated carbocycles. The van der Waals surface area contributed by atoms with E-state index in [4.69, 9.17) is 0 Å². The van der Waals surface area contributed by atoms with Crippen LogP contribution in [-0.4, -0.2) is 40.3 Å². The molecule has 3 fully saturated rings. The zero-order valence-corrected chi connectivity index (χ0v) is 19.5. The minimum atomic E-state index is -0.772. The Morgan fingerprint density at radius 3 is 2.24 bits per heavy atom. The van der Waals surface area contributed by atoms with E-state index in [-0.39, 0.29) is 17.0 Å². The number of nitrogens with zero attached hydrogens (tertiary/aromatic N) is 3. The lowest BCUT2D eigenvalue weighted by Gasteiger charge is -2.50. The summed E-state index contributed by atoms with van der Waals surface area (Å²) in [6.45, 7) is 3.24. The normalized spacial score (nSPS) is 28.6. The van der Waals surface area contributed by atoms with Gasteiger partial charge in [0.1, 0.15) is 6.07 Å². The topological polar surface area (TPSA) is 67.6 Å². The number of amides is 2. The van der Waals surface area contributed by atoms with Crippen molar-refractivity contribution in [3.8, 4) is 6.07 Å². The highest BCUT2D eigenvalue weighted by atomic mass is 16.3. The van der Waals surface area contributed by atoms with E-state index in [1.54, 1.807) is 11.0 Å². The fourth-order valence-electron chi connectivity index (χ4n) is 6.32. The van der Waals surface area contributed by atoms with Gasteiger partial charge in [-0.3, -0.25) is 4.90 Å². The maximum Gasteiger partial charge on any atom is 0.325 e. The van der Waals surface area contributed by atoms with Crippen LogP contribution in [0.5, 0.6) is 0 Å². The molecule has 1 aliphatic heterocycles. The van der Waals surface area contributed by atoms with Gasteiger partial charge in [0.2, 0.25) is 0 Å². The Morgan fingerprint density at radius 2 is 1.64 bits per heavy atom. The van der Waals surface area contributed by atoms with Crippen molar-refractivity contribution in [1.82, 2.24) is 4.90 Å². The van der Waals surface area contributed by atoms with Gasteiger partial charge in [0, 0.05) is 0 Å². The van der Waals surface area contributed by atoms with Gasteiger partial charge < -0.3 is 10.0 Å². The molecule has 5 heteroatoms. The lowest BCUT2D eigenvalue weighted by Crippen LogP contribution is -2.58. The molecule has 5 rings (SSSR count). The van der Waals surface area contributed by atoms with Crippen molar-refractivity contribution in [3.05, 3.63) is 65.7 Å². The Labute approximate surface area is 196 Å². The van der Waals surface area contributed by atoms with Gasteiger partial charge in [0.15, 0.2) is 0 Å². The quantitative estimate of drug-likeness (QED) is 0.675. The zero-order valence-electron chi connectivity index (χ0n) is 19.5. The summed E-state index contributed by atoms with van der Waals surface area (Å²) in [6, 6.07) is 20.3. The third-order valence-corrected chi connectivity index (χ3v) is 8.74. The SMILES string of the molecule is CC[C@]1(c2ccccc2)CC[C@]2(CC1)CN(c1ccccc1C#N)C(=O)N2CC1(O)CCC1. The Kier molecular flexibility index (Phi) is 5.45. The van der Waals surface area contributed by atoms with E-state index < -0.39 is 5.60 Å². The van der Waals surface area contributed by atoms with Crippen LogP contribution in [0.3, 0.4) is 0 Å². The molecule has 3 aliphatic rings. The molecule has 1 saturated heterocycles. The maximum absolute atomic E-state index is 13.8. The zero-order chi connectivity index (χ0) is 23.1. The van der Waals surface area contributed by atoms with E-state index in [1.807, 2.05) is 23.1 Å². The fraction of sp³-hybridized carbons (Fsp3) is 0.500. The van der Waals surface area contributed by atoms with Crippen LogP contribution < -0.4 is 4.90 Å². The Balaban J connectivity index is 1.48. The van der Waals surface area contributed by atoms with Crippen molar-refractivity contribution >= 4 is 11.7 Å². The van der Waals surface area contributed by atoms with Gasteiger partial charge in [0.05, 0.1) is 35.5 Å². The summed E-state index contributed by atoms with van der Waals surface area (Å²) in [5, 5.41) is 20.7. The average molecular weight is 444 g/mol. The summed E-state index contributed by atoms with van der Waals surface area (Å²) < 4.78 is 0. The summed E-state index contributed by atoms with van der Waals surface area (Å²) in [6.07, 6.45) is 7.44. The third kappa shape index (κ3) is 3.61. The summed E-state index contributed by atoms with van der Waals surface area (Å²) in [5.41, 5.74) is 1.65. The van der Waals surface area contributed by atoms with Gasteiger partial charge in [-0.1, -0.05) is 49.4 Å². The number of benzene rings is 2. The molecule has 5 nitrogen and oxygen atoms in total. The molecule has 172 valence electrons. The van der Waals surface area contributed by atoms with Gasteiger partial charge in [0.25, 0.3) is 0 Å². The first kappa shape index (κ1) is 22.0. The number of nitriles is 1. The number of aliphatic hydroxyl groups is 1. The van der Waals surface area contributed by atoms with E-state index in [0.29, 0.717) is 24.3 Å². The molecule has 0 radical (unpaired) electrons. The van der Waals surface area contributed by atoms with Crippen molar-refractivity contribution < 1.29 is 9.90 Å². The van der Waals surface area contributed by atoms with Crippen LogP contribution in [-0.2, 0) is 5.41 Å². The molecule has 2 amide bonds. The highest BCUT2D eigenvalue weighted by Gasteiger charge is 2.56. The van der Waals surface area contributed by atoms with Crippen molar-refractivity contribution in [2.75, 3.05) is 18.0 Å². The van der Waals surface area contributed by atoms with Crippen molar-refractivity contribution in [3.63, 3.8) is 0 Å². The van der Waals surface area contributed by atoms with Crippen LogP contribution in [0.15, 0.2) is 54.6 Å². The van der Waals surface area contributed by atoms with Crippen LogP contribution in [0.25, 0.3) is 0 Å². The first-order valence-electron chi connectivity index (χ1n) is 12.3. The maximum atomic E-state index is 13.8. The third-order valence-electron chi connectivity index (χ3n) is 8.74. The fourth-order valence-corrected chi connectivity index (χ4v) is 6.32. The predicted octanol–water partition coefficient (Wildman–Crippen LogP) is 5.38. The van der Waals surface area contributed by atoms with Gasteiger partial charge in [-0.15, -0.1) is 0 Å². The first-order valence-corrected chi connectivity index (χ1v) is 12.3. The minimum Gasteiger partial charge on any atom is -0.388 e. The molecule has 1 heterocycles. The van der Waals surface area contributed by atoms with E-state index in [1.165, 1.54) is 5.56 Å². The Hall–Kier alpha value is -2.84. The molecule has 0 unspecified atom stereocenters. The molecule has 1 N–H and O–H groups in total. The lowest BCUT2D eigenvalue weighted by molar-refractivity contribution is -0.0685. The predicted molar refractivity (Wildman–Crippen MR) is 129 cm³/mol. The Bertz CT molecular complexity index is 1060. The van der Waals surface area contributed by atoms with Gasteiger partial charge in [-0.05, 0) is 74.5 Å². The minimum absolute atomic E-state index is 0.0678. The molecule has 0 aromatic heterocycles. The summed E-state index contributed by atoms with van der Waals surface area (Å²) >= 11 is 0. The van der Waals surface area contributed by atoms with Gasteiger partial charge >= 0.3 is 6.03 Å². The Morgan fingerprint density at radius 1 is 0.970 bits per heavy atom. The number of rotatable bonds is 5. The van der Waals surface area contributed by atoms with Crippen molar-refractivity contribution in [2.24, 2.45) is 0 Å². The number of anilines is 1. The molecule has 0 atom stereocenters. The molecule has 0 bridgehead atoms.